The molecule has 1 aliphatic heterocycles. The van der Waals surface area contributed by atoms with Gasteiger partial charge >= 0.3 is 0 Å². The lowest BCUT2D eigenvalue weighted by molar-refractivity contribution is 0.0759. The Balaban J connectivity index is 1.28. The summed E-state index contributed by atoms with van der Waals surface area (Å²) in [4.78, 5) is 17.2. The molecule has 0 unspecified atom stereocenters. The molecule has 0 aliphatic carbocycles. The van der Waals surface area contributed by atoms with E-state index in [9.17, 15) is 4.79 Å². The summed E-state index contributed by atoms with van der Waals surface area (Å²) in [5.41, 5.74) is 2.53. The van der Waals surface area contributed by atoms with Crippen molar-refractivity contribution in [3.63, 3.8) is 0 Å². The van der Waals surface area contributed by atoms with E-state index in [1.807, 2.05) is 55.6 Å². The minimum Gasteiger partial charge on any atom is -0.486 e. The quantitative estimate of drug-likeness (QED) is 0.580. The number of imidazole rings is 1. The molecule has 29 heavy (non-hydrogen) atoms. The number of fused-ring (bicyclic) bond motifs is 2. The molecule has 1 aromatic carbocycles. The van der Waals surface area contributed by atoms with Crippen LogP contribution in [0.15, 0.2) is 61.1 Å². The van der Waals surface area contributed by atoms with E-state index in [0.717, 1.165) is 17.1 Å². The number of rotatable bonds is 4. The molecule has 8 heteroatoms. The topological polar surface area (TPSA) is 82.7 Å². The number of nitrogens with one attached hydrogen (secondary N) is 1. The van der Waals surface area contributed by atoms with Crippen LogP contribution in [-0.2, 0) is 6.54 Å². The van der Waals surface area contributed by atoms with Gasteiger partial charge in [-0.25, -0.2) is 4.98 Å². The van der Waals surface area contributed by atoms with Gasteiger partial charge in [0, 0.05) is 12.4 Å². The second-order valence-electron chi connectivity index (χ2n) is 6.88. The molecule has 146 valence electrons. The van der Waals surface area contributed by atoms with Gasteiger partial charge in [0.15, 0.2) is 17.6 Å². The van der Waals surface area contributed by atoms with Crippen LogP contribution in [0, 0.1) is 6.92 Å². The fourth-order valence-corrected chi connectivity index (χ4v) is 3.47. The highest BCUT2D eigenvalue weighted by atomic mass is 16.6. The number of para-hydroxylation sites is 2. The van der Waals surface area contributed by atoms with Crippen molar-refractivity contribution in [2.45, 2.75) is 19.6 Å². The van der Waals surface area contributed by atoms with Crippen LogP contribution < -0.4 is 14.8 Å². The molecule has 0 spiro atoms. The van der Waals surface area contributed by atoms with Crippen molar-refractivity contribution < 1.29 is 14.3 Å². The summed E-state index contributed by atoms with van der Waals surface area (Å²) < 4.78 is 15.2. The van der Waals surface area contributed by atoms with Crippen LogP contribution >= 0.6 is 0 Å². The molecule has 0 saturated carbocycles. The van der Waals surface area contributed by atoms with Crippen LogP contribution in [0.25, 0.3) is 5.65 Å². The maximum absolute atomic E-state index is 12.8. The lowest BCUT2D eigenvalue weighted by Gasteiger charge is -2.26. The molecule has 1 amide bonds. The molecule has 1 N–H and O–H groups in total. The zero-order valence-electron chi connectivity index (χ0n) is 15.8. The monoisotopic (exact) mass is 389 g/mol. The summed E-state index contributed by atoms with van der Waals surface area (Å²) in [5.74, 6) is 1.25. The second-order valence-corrected chi connectivity index (χ2v) is 6.88. The highest BCUT2D eigenvalue weighted by molar-refractivity contribution is 6.04. The van der Waals surface area contributed by atoms with Crippen molar-refractivity contribution in [2.75, 3.05) is 11.9 Å². The van der Waals surface area contributed by atoms with Crippen molar-refractivity contribution >= 4 is 17.2 Å². The first kappa shape index (κ1) is 17.3. The first-order valence-corrected chi connectivity index (χ1v) is 9.33. The van der Waals surface area contributed by atoms with Gasteiger partial charge < -0.3 is 14.8 Å². The van der Waals surface area contributed by atoms with Gasteiger partial charge in [-0.1, -0.05) is 18.2 Å². The summed E-state index contributed by atoms with van der Waals surface area (Å²) in [6.07, 6.45) is 5.06. The Bertz CT molecular complexity index is 1200. The number of benzene rings is 1. The maximum atomic E-state index is 12.8. The molecular formula is C21H19N5O3. The van der Waals surface area contributed by atoms with Crippen molar-refractivity contribution in [2.24, 2.45) is 0 Å². The third kappa shape index (κ3) is 3.29. The van der Waals surface area contributed by atoms with E-state index in [2.05, 4.69) is 15.4 Å². The fourth-order valence-electron chi connectivity index (χ4n) is 3.47. The minimum atomic E-state index is -0.230. The molecule has 5 rings (SSSR count). The summed E-state index contributed by atoms with van der Waals surface area (Å²) in [6.45, 7) is 2.78. The third-order valence-corrected chi connectivity index (χ3v) is 4.77. The highest BCUT2D eigenvalue weighted by Gasteiger charge is 2.22. The Hall–Kier alpha value is -3.81. The number of nitrogens with zero attached hydrogens (tertiary/aromatic N) is 4. The SMILES string of the molecule is Cc1nc2ccccn2c1C(=O)Nc1cnn(C[C@@H]2COc3ccccc3O2)c1. The minimum absolute atomic E-state index is 0.158. The smallest absolute Gasteiger partial charge is 0.274 e. The second kappa shape index (κ2) is 6.97. The van der Waals surface area contributed by atoms with Gasteiger partial charge in [0.1, 0.15) is 17.9 Å². The molecule has 3 aromatic heterocycles. The van der Waals surface area contributed by atoms with Gasteiger partial charge in [0.2, 0.25) is 0 Å². The summed E-state index contributed by atoms with van der Waals surface area (Å²) in [6, 6.07) is 13.2. The molecule has 4 heterocycles. The number of anilines is 1. The lowest BCUT2D eigenvalue weighted by Crippen LogP contribution is -2.33. The van der Waals surface area contributed by atoms with Gasteiger partial charge in [0.25, 0.3) is 5.91 Å². The van der Waals surface area contributed by atoms with Gasteiger partial charge in [-0.2, -0.15) is 5.10 Å². The van der Waals surface area contributed by atoms with Gasteiger partial charge in [0.05, 0.1) is 24.1 Å². The number of ether oxygens (including phenoxy) is 2. The number of aryl methyl sites for hydroxylation is 1. The number of amides is 1. The molecule has 0 fully saturated rings. The average molecular weight is 389 g/mol. The van der Waals surface area contributed by atoms with Crippen LogP contribution in [0.5, 0.6) is 11.5 Å². The zero-order chi connectivity index (χ0) is 19.8. The summed E-state index contributed by atoms with van der Waals surface area (Å²) in [5, 5.41) is 7.22. The van der Waals surface area contributed by atoms with Crippen molar-refractivity contribution in [1.82, 2.24) is 19.2 Å². The van der Waals surface area contributed by atoms with Crippen molar-refractivity contribution in [1.29, 1.82) is 0 Å². The molecule has 0 bridgehead atoms. The Kier molecular flexibility index (Phi) is 4.16. The largest absolute Gasteiger partial charge is 0.486 e. The fraction of sp³-hybridized carbons (Fsp3) is 0.190. The van der Waals surface area contributed by atoms with Crippen LogP contribution in [0.2, 0.25) is 0 Å². The van der Waals surface area contributed by atoms with E-state index in [4.69, 9.17) is 9.47 Å². The van der Waals surface area contributed by atoms with Gasteiger partial charge in [-0.15, -0.1) is 0 Å². The Morgan fingerprint density at radius 2 is 2.03 bits per heavy atom. The highest BCUT2D eigenvalue weighted by Crippen LogP contribution is 2.31. The number of carbonyl (C=O) groups is 1. The van der Waals surface area contributed by atoms with E-state index >= 15 is 0 Å². The zero-order valence-corrected chi connectivity index (χ0v) is 15.8. The molecule has 4 aromatic rings. The molecule has 1 aliphatic rings. The predicted octanol–water partition coefficient (Wildman–Crippen LogP) is 2.93. The predicted molar refractivity (Wildman–Crippen MR) is 106 cm³/mol. The number of carbonyl (C=O) groups excluding carboxylic acids is 1. The van der Waals surface area contributed by atoms with Crippen LogP contribution in [0.1, 0.15) is 16.2 Å². The normalized spacial score (nSPS) is 15.4. The van der Waals surface area contributed by atoms with E-state index in [0.29, 0.717) is 30.2 Å². The van der Waals surface area contributed by atoms with Crippen LogP contribution in [0.3, 0.4) is 0 Å². The average Bonchev–Trinajstić information content (AvgIpc) is 3.30. The van der Waals surface area contributed by atoms with Crippen molar-refractivity contribution in [3.05, 3.63) is 72.4 Å². The Morgan fingerprint density at radius 1 is 1.21 bits per heavy atom. The number of pyridine rings is 1. The van der Waals surface area contributed by atoms with Gasteiger partial charge in [-0.05, 0) is 31.2 Å². The number of hydrogen-bond acceptors (Lipinski definition) is 5. The van der Waals surface area contributed by atoms with E-state index in [1.54, 1.807) is 21.5 Å². The van der Waals surface area contributed by atoms with Crippen LogP contribution in [0.4, 0.5) is 5.69 Å². The molecule has 1 atom stereocenters. The number of hydrogen-bond donors (Lipinski definition) is 1. The molecular weight excluding hydrogens is 370 g/mol. The third-order valence-electron chi connectivity index (χ3n) is 4.77. The van der Waals surface area contributed by atoms with Gasteiger partial charge in [-0.3, -0.25) is 13.9 Å². The lowest BCUT2D eigenvalue weighted by atomic mass is 10.2. The summed E-state index contributed by atoms with van der Waals surface area (Å²) >= 11 is 0. The van der Waals surface area contributed by atoms with E-state index in [1.165, 1.54) is 0 Å². The molecule has 0 radical (unpaired) electrons. The Labute approximate surface area is 166 Å². The summed E-state index contributed by atoms with van der Waals surface area (Å²) in [7, 11) is 0. The first-order valence-electron chi connectivity index (χ1n) is 9.33. The molecule has 0 saturated heterocycles. The maximum Gasteiger partial charge on any atom is 0.274 e. The number of aromatic nitrogens is 4. The first-order chi connectivity index (χ1) is 14.2. The van der Waals surface area contributed by atoms with Crippen LogP contribution in [-0.4, -0.2) is 37.8 Å². The van der Waals surface area contributed by atoms with Crippen molar-refractivity contribution in [3.8, 4) is 11.5 Å². The molecule has 8 nitrogen and oxygen atoms in total. The van der Waals surface area contributed by atoms with E-state index in [-0.39, 0.29) is 12.0 Å². The Morgan fingerprint density at radius 3 is 2.93 bits per heavy atom. The van der Waals surface area contributed by atoms with E-state index < -0.39 is 0 Å². The standard InChI is InChI=1S/C21H19N5O3/c1-14-20(26-9-5-4-8-19(26)23-14)21(27)24-15-10-22-25(11-15)12-16-13-28-17-6-2-3-7-18(17)29-16/h2-11,16H,12-13H2,1H3,(H,24,27)/t16-/m1/s1.